The molecule has 8 nitrogen and oxygen atoms in total. The number of halogens is 1. The third kappa shape index (κ3) is 4.90. The standard InChI is InChI=1S/C24H17ClN2O6S/c1-13-4-2-3-5-18(13)26-21(28)12-27-22(29)20(34-24(27)32)11-15-7-9-19(33-15)16-10-14(23(30)31)6-8-17(16)25/h2-11H,12H2,1H3,(H,26,28)(H,30,31)/p-1/b20-11-. The van der Waals surface area contributed by atoms with E-state index in [2.05, 4.69) is 5.32 Å². The summed E-state index contributed by atoms with van der Waals surface area (Å²) in [5.74, 6) is -1.95. The van der Waals surface area contributed by atoms with Gasteiger partial charge in [0.25, 0.3) is 11.1 Å². The van der Waals surface area contributed by atoms with Crippen LogP contribution in [0.4, 0.5) is 10.5 Å². The van der Waals surface area contributed by atoms with Crippen molar-refractivity contribution in [1.29, 1.82) is 0 Å². The van der Waals surface area contributed by atoms with E-state index in [0.717, 1.165) is 10.5 Å². The van der Waals surface area contributed by atoms with Crippen LogP contribution < -0.4 is 10.4 Å². The number of hydrogen-bond acceptors (Lipinski definition) is 7. The number of carboxylic acids is 1. The SMILES string of the molecule is Cc1ccccc1NC(=O)CN1C(=O)S/C(=C\c2ccc(-c3cc(C(=O)[O-])ccc3Cl)o2)C1=O. The molecule has 0 aliphatic carbocycles. The van der Waals surface area contributed by atoms with Crippen LogP contribution in [-0.4, -0.2) is 34.5 Å². The lowest BCUT2D eigenvalue weighted by Gasteiger charge is -2.13. The van der Waals surface area contributed by atoms with Gasteiger partial charge in [0.15, 0.2) is 0 Å². The highest BCUT2D eigenvalue weighted by molar-refractivity contribution is 8.18. The van der Waals surface area contributed by atoms with Crippen molar-refractivity contribution in [1.82, 2.24) is 4.90 Å². The molecule has 0 atom stereocenters. The first-order valence-corrected chi connectivity index (χ1v) is 11.1. The quantitative estimate of drug-likeness (QED) is 0.514. The van der Waals surface area contributed by atoms with Crippen LogP contribution in [0.25, 0.3) is 17.4 Å². The Bertz CT molecular complexity index is 1360. The van der Waals surface area contributed by atoms with Gasteiger partial charge in [0.05, 0.1) is 15.9 Å². The zero-order valence-electron chi connectivity index (χ0n) is 17.7. The van der Waals surface area contributed by atoms with Crippen molar-refractivity contribution in [2.45, 2.75) is 6.92 Å². The molecule has 0 saturated carbocycles. The van der Waals surface area contributed by atoms with Crippen molar-refractivity contribution in [3.05, 3.63) is 81.4 Å². The molecule has 0 bridgehead atoms. The number of carboxylic acid groups (broad SMARTS) is 1. The lowest BCUT2D eigenvalue weighted by molar-refractivity contribution is -0.255. The molecule has 4 rings (SSSR count). The van der Waals surface area contributed by atoms with Crippen LogP contribution in [0.2, 0.25) is 5.02 Å². The molecule has 1 aliphatic rings. The number of benzene rings is 2. The molecular weight excluding hydrogens is 480 g/mol. The number of anilines is 1. The van der Waals surface area contributed by atoms with E-state index in [1.807, 2.05) is 19.1 Å². The number of aryl methyl sites for hydroxylation is 1. The van der Waals surface area contributed by atoms with Gasteiger partial charge in [0.1, 0.15) is 18.1 Å². The average molecular weight is 496 g/mol. The second kappa shape index (κ2) is 9.58. The molecule has 0 spiro atoms. The lowest BCUT2D eigenvalue weighted by Crippen LogP contribution is -2.36. The third-order valence-corrected chi connectivity index (χ3v) is 6.20. The number of aromatic carboxylic acids is 1. The molecule has 10 heteroatoms. The Hall–Kier alpha value is -3.82. The summed E-state index contributed by atoms with van der Waals surface area (Å²) in [6.45, 7) is 1.41. The number of amides is 3. The maximum atomic E-state index is 12.7. The first kappa shape index (κ1) is 23.3. The largest absolute Gasteiger partial charge is 0.545 e. The smallest absolute Gasteiger partial charge is 0.294 e. The van der Waals surface area contributed by atoms with Gasteiger partial charge >= 0.3 is 0 Å². The Kier molecular flexibility index (Phi) is 6.58. The van der Waals surface area contributed by atoms with Crippen LogP contribution in [0.1, 0.15) is 21.7 Å². The Morgan fingerprint density at radius 3 is 2.65 bits per heavy atom. The summed E-state index contributed by atoms with van der Waals surface area (Å²) in [7, 11) is 0. The van der Waals surface area contributed by atoms with E-state index in [1.54, 1.807) is 24.3 Å². The molecule has 2 aromatic carbocycles. The second-order valence-electron chi connectivity index (χ2n) is 7.32. The van der Waals surface area contributed by atoms with Crippen molar-refractivity contribution >= 4 is 58.1 Å². The molecule has 3 amide bonds. The monoisotopic (exact) mass is 495 g/mol. The predicted molar refractivity (Wildman–Crippen MR) is 126 cm³/mol. The number of carbonyl (C=O) groups is 4. The number of nitrogens with zero attached hydrogens (tertiary/aromatic N) is 1. The van der Waals surface area contributed by atoms with Crippen LogP contribution in [0.3, 0.4) is 0 Å². The van der Waals surface area contributed by atoms with Gasteiger partial charge in [-0.2, -0.15) is 0 Å². The Morgan fingerprint density at radius 1 is 1.15 bits per heavy atom. The van der Waals surface area contributed by atoms with Crippen LogP contribution in [-0.2, 0) is 9.59 Å². The number of para-hydroxylation sites is 1. The normalized spacial score (nSPS) is 14.6. The van der Waals surface area contributed by atoms with Crippen LogP contribution in [0.15, 0.2) is 63.9 Å². The highest BCUT2D eigenvalue weighted by Crippen LogP contribution is 2.35. The molecule has 1 N–H and O–H groups in total. The van der Waals surface area contributed by atoms with Gasteiger partial charge in [-0.05, 0) is 60.1 Å². The number of carbonyl (C=O) groups excluding carboxylic acids is 4. The van der Waals surface area contributed by atoms with Crippen molar-refractivity contribution in [3.63, 3.8) is 0 Å². The summed E-state index contributed by atoms with van der Waals surface area (Å²) in [5, 5.41) is 13.5. The van der Waals surface area contributed by atoms with Gasteiger partial charge in [0, 0.05) is 17.3 Å². The molecule has 1 fully saturated rings. The van der Waals surface area contributed by atoms with Crippen molar-refractivity contribution in [2.24, 2.45) is 0 Å². The molecule has 172 valence electrons. The molecule has 1 aliphatic heterocycles. The van der Waals surface area contributed by atoms with E-state index in [0.29, 0.717) is 23.0 Å². The van der Waals surface area contributed by atoms with Crippen LogP contribution >= 0.6 is 23.4 Å². The van der Waals surface area contributed by atoms with Crippen molar-refractivity contribution < 1.29 is 28.7 Å². The number of furan rings is 1. The summed E-state index contributed by atoms with van der Waals surface area (Å²) in [5.41, 5.74) is 1.72. The fourth-order valence-electron chi connectivity index (χ4n) is 3.23. The Balaban J connectivity index is 1.49. The van der Waals surface area contributed by atoms with Gasteiger partial charge in [-0.25, -0.2) is 0 Å². The summed E-state index contributed by atoms with van der Waals surface area (Å²) in [6, 6.07) is 14.3. The zero-order chi connectivity index (χ0) is 24.4. The minimum Gasteiger partial charge on any atom is -0.545 e. The van der Waals surface area contributed by atoms with Gasteiger partial charge in [0.2, 0.25) is 5.91 Å². The minimum absolute atomic E-state index is 0.0672. The summed E-state index contributed by atoms with van der Waals surface area (Å²) < 4.78 is 5.69. The zero-order valence-corrected chi connectivity index (χ0v) is 19.2. The third-order valence-electron chi connectivity index (χ3n) is 4.96. The first-order chi connectivity index (χ1) is 16.2. The van der Waals surface area contributed by atoms with Crippen LogP contribution in [0.5, 0.6) is 0 Å². The van der Waals surface area contributed by atoms with Crippen LogP contribution in [0, 0.1) is 6.92 Å². The average Bonchev–Trinajstić information content (AvgIpc) is 3.36. The fraction of sp³-hybridized carbons (Fsp3) is 0.0833. The van der Waals surface area contributed by atoms with E-state index in [1.165, 1.54) is 24.3 Å². The summed E-state index contributed by atoms with van der Waals surface area (Å²) >= 11 is 6.85. The summed E-state index contributed by atoms with van der Waals surface area (Å²) in [6.07, 6.45) is 1.38. The number of nitrogens with one attached hydrogen (secondary N) is 1. The van der Waals surface area contributed by atoms with Gasteiger partial charge in [-0.3, -0.25) is 19.3 Å². The van der Waals surface area contributed by atoms with E-state index in [9.17, 15) is 24.3 Å². The predicted octanol–water partition coefficient (Wildman–Crippen LogP) is 3.95. The van der Waals surface area contributed by atoms with E-state index in [4.69, 9.17) is 16.0 Å². The molecule has 0 unspecified atom stereocenters. The number of rotatable bonds is 6. The molecule has 1 aromatic heterocycles. The molecular formula is C24H16ClN2O6S-. The van der Waals surface area contributed by atoms with Gasteiger partial charge in [-0.15, -0.1) is 0 Å². The number of thioether (sulfide) groups is 1. The maximum Gasteiger partial charge on any atom is 0.294 e. The highest BCUT2D eigenvalue weighted by Gasteiger charge is 2.36. The van der Waals surface area contributed by atoms with Gasteiger partial charge in [-0.1, -0.05) is 35.9 Å². The Labute approximate surface area is 203 Å². The minimum atomic E-state index is -1.36. The topological polar surface area (TPSA) is 120 Å². The lowest BCUT2D eigenvalue weighted by atomic mass is 10.1. The summed E-state index contributed by atoms with van der Waals surface area (Å²) in [4.78, 5) is 49.5. The number of hydrogen-bond donors (Lipinski definition) is 1. The molecule has 34 heavy (non-hydrogen) atoms. The Morgan fingerprint density at radius 2 is 1.91 bits per heavy atom. The molecule has 0 radical (unpaired) electrons. The van der Waals surface area contributed by atoms with E-state index >= 15 is 0 Å². The highest BCUT2D eigenvalue weighted by atomic mass is 35.5. The second-order valence-corrected chi connectivity index (χ2v) is 8.72. The van der Waals surface area contributed by atoms with E-state index in [-0.39, 0.29) is 27.0 Å². The fourth-order valence-corrected chi connectivity index (χ4v) is 4.26. The maximum absolute atomic E-state index is 12.7. The molecule has 3 aromatic rings. The molecule has 1 saturated heterocycles. The van der Waals surface area contributed by atoms with Gasteiger partial charge < -0.3 is 19.6 Å². The van der Waals surface area contributed by atoms with Crippen molar-refractivity contribution in [2.75, 3.05) is 11.9 Å². The van der Waals surface area contributed by atoms with E-state index < -0.39 is 29.6 Å². The molecule has 2 heterocycles. The van der Waals surface area contributed by atoms with Crippen molar-refractivity contribution in [3.8, 4) is 11.3 Å². The first-order valence-electron chi connectivity index (χ1n) is 9.95. The number of imide groups is 1.